The van der Waals surface area contributed by atoms with E-state index in [9.17, 15) is 49.2 Å². The van der Waals surface area contributed by atoms with E-state index in [0.29, 0.717) is 11.1 Å². The van der Waals surface area contributed by atoms with Gasteiger partial charge >= 0.3 is 44.9 Å². The fourth-order valence-corrected chi connectivity index (χ4v) is 3.46. The van der Waals surface area contributed by atoms with E-state index in [4.69, 9.17) is 10.2 Å². The summed E-state index contributed by atoms with van der Waals surface area (Å²) < 4.78 is 0. The van der Waals surface area contributed by atoms with Crippen LogP contribution in [0.3, 0.4) is 0 Å². The molecule has 6 aromatic carbocycles. The normalized spacial score (nSPS) is 8.57. The van der Waals surface area contributed by atoms with Crippen LogP contribution < -0.4 is 20.4 Å². The maximum absolute atomic E-state index is 10.2. The van der Waals surface area contributed by atoms with E-state index in [-0.39, 0.29) is 55.2 Å². The van der Waals surface area contributed by atoms with Gasteiger partial charge in [0, 0.05) is 0 Å². The molecule has 0 radical (unpaired) electrons. The van der Waals surface area contributed by atoms with Gasteiger partial charge < -0.3 is 49.8 Å². The Balaban J connectivity index is 0. The zero-order valence-corrected chi connectivity index (χ0v) is 30.9. The van der Waals surface area contributed by atoms with Crippen LogP contribution in [0.1, 0.15) is 62.1 Å². The maximum atomic E-state index is 10.2. The molecule has 0 fully saturated rings. The van der Waals surface area contributed by atoms with Crippen LogP contribution >= 0.6 is 0 Å². The SMILES string of the molecule is O=C(O)c1ccccc1.O=C(O)c1ccccc1.O=C([O-])c1ccccc1.O=C([O-])c1ccccc1.O=C([O-])c1ccccc1.O=C([O-])c1ccccc1.[Ni+2].[Ni+2]. The number of carbonyl (C=O) groups excluding carboxylic acids is 4. The van der Waals surface area contributed by atoms with E-state index in [1.165, 1.54) is 48.5 Å². The van der Waals surface area contributed by atoms with Crippen molar-refractivity contribution in [2.75, 3.05) is 0 Å². The Morgan fingerprint density at radius 3 is 0.464 bits per heavy atom. The predicted molar refractivity (Wildman–Crippen MR) is 190 cm³/mol. The molecule has 14 heteroatoms. The summed E-state index contributed by atoms with van der Waals surface area (Å²) in [6.45, 7) is 0. The average Bonchev–Trinajstić information content (AvgIpc) is 3.21. The van der Waals surface area contributed by atoms with Crippen molar-refractivity contribution in [3.8, 4) is 0 Å². The van der Waals surface area contributed by atoms with Crippen LogP contribution in [-0.4, -0.2) is 46.0 Å². The molecular formula is C42H32Ni2O12. The minimum absolute atomic E-state index is 0. The number of benzene rings is 6. The molecule has 56 heavy (non-hydrogen) atoms. The fraction of sp³-hybridized carbons (Fsp3) is 0. The first-order valence-corrected chi connectivity index (χ1v) is 15.5. The number of carboxylic acids is 6. The van der Waals surface area contributed by atoms with Gasteiger partial charge in [0.25, 0.3) is 0 Å². The molecule has 0 aliphatic heterocycles. The van der Waals surface area contributed by atoms with E-state index in [0.717, 1.165) is 0 Å². The summed E-state index contributed by atoms with van der Waals surface area (Å²) in [6, 6.07) is 48.8. The largest absolute Gasteiger partial charge is 2.00 e. The van der Waals surface area contributed by atoms with E-state index in [1.807, 2.05) is 0 Å². The van der Waals surface area contributed by atoms with E-state index >= 15 is 0 Å². The van der Waals surface area contributed by atoms with Crippen molar-refractivity contribution in [3.05, 3.63) is 215 Å². The van der Waals surface area contributed by atoms with Crippen molar-refractivity contribution in [1.29, 1.82) is 0 Å². The third kappa shape index (κ3) is 23.6. The van der Waals surface area contributed by atoms with Gasteiger partial charge in [0.05, 0.1) is 35.0 Å². The Bertz CT molecular complexity index is 1620. The quantitative estimate of drug-likeness (QED) is 0.230. The molecule has 0 aliphatic rings. The average molecular weight is 846 g/mol. The second-order valence-corrected chi connectivity index (χ2v) is 9.96. The Kier molecular flexibility index (Phi) is 28.0. The molecule has 0 atom stereocenters. The molecule has 0 aromatic heterocycles. The summed E-state index contributed by atoms with van der Waals surface area (Å²) in [6.07, 6.45) is 0. The third-order valence-electron chi connectivity index (χ3n) is 6.08. The fourth-order valence-electron chi connectivity index (χ4n) is 3.46. The maximum Gasteiger partial charge on any atom is 2.00 e. The standard InChI is InChI=1S/6C7H6O2.2Ni/c6*8-7(9)6-4-2-1-3-5-6;;/h6*1-5H,(H,8,9);;/q;;;;;;2*+2/p-4. The van der Waals surface area contributed by atoms with E-state index in [1.54, 1.807) is 133 Å². The number of carboxylic acid groups (broad SMARTS) is 6. The molecule has 2 N–H and O–H groups in total. The molecule has 292 valence electrons. The van der Waals surface area contributed by atoms with Crippen LogP contribution in [0.5, 0.6) is 0 Å². The molecule has 0 heterocycles. The number of carbonyl (C=O) groups is 6. The third-order valence-corrected chi connectivity index (χ3v) is 6.08. The van der Waals surface area contributed by atoms with Gasteiger partial charge in [-0.1, -0.05) is 158 Å². The van der Waals surface area contributed by atoms with Gasteiger partial charge in [-0.05, 0) is 46.5 Å². The van der Waals surface area contributed by atoms with Crippen LogP contribution in [0.2, 0.25) is 0 Å². The smallest absolute Gasteiger partial charge is 0.545 e. The van der Waals surface area contributed by atoms with E-state index in [2.05, 4.69) is 0 Å². The molecule has 0 saturated carbocycles. The van der Waals surface area contributed by atoms with Crippen molar-refractivity contribution in [2.45, 2.75) is 0 Å². The summed E-state index contributed by atoms with van der Waals surface area (Å²) in [4.78, 5) is 60.8. The Labute approximate surface area is 342 Å². The molecule has 0 amide bonds. The van der Waals surface area contributed by atoms with Gasteiger partial charge in [-0.15, -0.1) is 0 Å². The van der Waals surface area contributed by atoms with Gasteiger partial charge in [-0.2, -0.15) is 0 Å². The van der Waals surface area contributed by atoms with Crippen LogP contribution in [0.25, 0.3) is 0 Å². The zero-order chi connectivity index (χ0) is 40.1. The van der Waals surface area contributed by atoms with Gasteiger partial charge in [-0.25, -0.2) is 9.59 Å². The first kappa shape index (κ1) is 51.2. The topological polar surface area (TPSA) is 235 Å². The predicted octanol–water partition coefficient (Wildman–Crippen LogP) is 2.97. The molecule has 12 nitrogen and oxygen atoms in total. The summed E-state index contributed by atoms with van der Waals surface area (Å²) >= 11 is 0. The van der Waals surface area contributed by atoms with Gasteiger partial charge in [0.2, 0.25) is 0 Å². The van der Waals surface area contributed by atoms with Gasteiger partial charge in [0.15, 0.2) is 0 Å². The Morgan fingerprint density at radius 1 is 0.268 bits per heavy atom. The van der Waals surface area contributed by atoms with Crippen molar-refractivity contribution in [3.63, 3.8) is 0 Å². The Hall–Kier alpha value is -6.87. The minimum atomic E-state index is -1.13. The summed E-state index contributed by atoms with van der Waals surface area (Å²) in [5, 5.41) is 57.1. The molecule has 0 saturated heterocycles. The molecule has 0 aliphatic carbocycles. The summed E-state index contributed by atoms with van der Waals surface area (Å²) in [5.74, 6) is -6.27. The molecule has 6 aromatic rings. The number of rotatable bonds is 6. The summed E-state index contributed by atoms with van der Waals surface area (Å²) in [5.41, 5.74) is 1.54. The molecule has 0 bridgehead atoms. The van der Waals surface area contributed by atoms with Crippen molar-refractivity contribution in [1.82, 2.24) is 0 Å². The number of hydrogen-bond acceptors (Lipinski definition) is 10. The van der Waals surface area contributed by atoms with Gasteiger partial charge in [0.1, 0.15) is 0 Å². The van der Waals surface area contributed by atoms with Crippen LogP contribution in [0.15, 0.2) is 182 Å². The van der Waals surface area contributed by atoms with Crippen molar-refractivity contribution >= 4 is 35.8 Å². The molecule has 0 spiro atoms. The second kappa shape index (κ2) is 30.6. The van der Waals surface area contributed by atoms with E-state index < -0.39 is 35.8 Å². The van der Waals surface area contributed by atoms with Crippen molar-refractivity contribution in [2.24, 2.45) is 0 Å². The van der Waals surface area contributed by atoms with Crippen LogP contribution in [0, 0.1) is 0 Å². The Morgan fingerprint density at radius 2 is 0.393 bits per heavy atom. The monoisotopic (exact) mass is 844 g/mol. The van der Waals surface area contributed by atoms with Crippen LogP contribution in [0.4, 0.5) is 0 Å². The first-order chi connectivity index (χ1) is 25.8. The van der Waals surface area contributed by atoms with Crippen LogP contribution in [-0.2, 0) is 33.0 Å². The van der Waals surface area contributed by atoms with Crippen molar-refractivity contribution < 1.29 is 92.4 Å². The van der Waals surface area contributed by atoms with Gasteiger partial charge in [-0.3, -0.25) is 0 Å². The summed E-state index contributed by atoms with van der Waals surface area (Å²) in [7, 11) is 0. The minimum Gasteiger partial charge on any atom is -0.545 e. The zero-order valence-electron chi connectivity index (χ0n) is 28.9. The second-order valence-electron chi connectivity index (χ2n) is 9.96. The molecule has 0 unspecified atom stereocenters. The molecule has 6 rings (SSSR count). The number of aromatic carboxylic acids is 6. The number of hydrogen-bond donors (Lipinski definition) is 2. The molecular weight excluding hydrogens is 814 g/mol. The first-order valence-electron chi connectivity index (χ1n) is 15.5.